The maximum atomic E-state index is 12.1. The van der Waals surface area contributed by atoms with E-state index in [1.165, 1.54) is 5.56 Å². The largest absolute Gasteiger partial charge is 0.337 e. The van der Waals surface area contributed by atoms with Crippen molar-refractivity contribution in [2.24, 2.45) is 0 Å². The number of amides is 1. The smallest absolute Gasteiger partial charge is 0.246 e. The van der Waals surface area contributed by atoms with E-state index >= 15 is 0 Å². The first-order valence-corrected chi connectivity index (χ1v) is 7.32. The van der Waals surface area contributed by atoms with Crippen LogP contribution in [0.1, 0.15) is 17.5 Å². The summed E-state index contributed by atoms with van der Waals surface area (Å²) in [5.74, 6) is 0.0653. The molecule has 0 aromatic heterocycles. The molecule has 1 aromatic rings. The quantitative estimate of drug-likeness (QED) is 0.795. The Morgan fingerprint density at radius 2 is 1.90 bits per heavy atom. The SMILES string of the molecule is Cc1ccc(/C=C/C(=O)N2CCN(CCC#N)CC2)cc1. The van der Waals surface area contributed by atoms with Crippen LogP contribution in [0.3, 0.4) is 0 Å². The number of hydrogen-bond acceptors (Lipinski definition) is 3. The molecule has 0 saturated carbocycles. The molecule has 0 aliphatic carbocycles. The van der Waals surface area contributed by atoms with Crippen molar-refractivity contribution >= 4 is 12.0 Å². The van der Waals surface area contributed by atoms with Gasteiger partial charge in [-0.3, -0.25) is 9.69 Å². The molecule has 0 bridgehead atoms. The first-order valence-electron chi connectivity index (χ1n) is 7.32. The molecule has 0 radical (unpaired) electrons. The fourth-order valence-electron chi connectivity index (χ4n) is 2.35. The predicted octanol–water partition coefficient (Wildman–Crippen LogP) is 2.07. The highest BCUT2D eigenvalue weighted by molar-refractivity contribution is 5.91. The molecule has 1 saturated heterocycles. The first-order chi connectivity index (χ1) is 10.2. The molecule has 1 amide bonds. The van der Waals surface area contributed by atoms with E-state index in [-0.39, 0.29) is 5.91 Å². The van der Waals surface area contributed by atoms with Crippen LogP contribution in [-0.4, -0.2) is 48.4 Å². The highest BCUT2D eigenvalue weighted by Crippen LogP contribution is 2.07. The van der Waals surface area contributed by atoms with Gasteiger partial charge >= 0.3 is 0 Å². The lowest BCUT2D eigenvalue weighted by Gasteiger charge is -2.33. The average molecular weight is 283 g/mol. The molecule has 1 aliphatic rings. The van der Waals surface area contributed by atoms with Gasteiger partial charge in [0, 0.05) is 45.2 Å². The lowest BCUT2D eigenvalue weighted by atomic mass is 10.1. The molecule has 1 aromatic carbocycles. The molecule has 1 fully saturated rings. The van der Waals surface area contributed by atoms with Crippen LogP contribution in [0.2, 0.25) is 0 Å². The van der Waals surface area contributed by atoms with Gasteiger partial charge in [0.25, 0.3) is 0 Å². The number of benzene rings is 1. The van der Waals surface area contributed by atoms with E-state index in [2.05, 4.69) is 11.0 Å². The summed E-state index contributed by atoms with van der Waals surface area (Å²) < 4.78 is 0. The maximum absolute atomic E-state index is 12.1. The number of piperazine rings is 1. The zero-order valence-corrected chi connectivity index (χ0v) is 12.5. The van der Waals surface area contributed by atoms with Gasteiger partial charge in [0.15, 0.2) is 0 Å². The number of carbonyl (C=O) groups excluding carboxylic acids is 1. The average Bonchev–Trinajstić information content (AvgIpc) is 2.52. The summed E-state index contributed by atoms with van der Waals surface area (Å²) >= 11 is 0. The summed E-state index contributed by atoms with van der Waals surface area (Å²) in [4.78, 5) is 16.2. The second-order valence-electron chi connectivity index (χ2n) is 5.32. The van der Waals surface area contributed by atoms with Gasteiger partial charge in [0.05, 0.1) is 6.07 Å². The normalized spacial score (nSPS) is 16.1. The topological polar surface area (TPSA) is 47.3 Å². The van der Waals surface area contributed by atoms with Crippen molar-refractivity contribution in [3.8, 4) is 6.07 Å². The number of nitriles is 1. The molecule has 4 nitrogen and oxygen atoms in total. The van der Waals surface area contributed by atoms with E-state index in [0.29, 0.717) is 6.42 Å². The van der Waals surface area contributed by atoms with Crippen molar-refractivity contribution in [3.63, 3.8) is 0 Å². The Morgan fingerprint density at radius 1 is 1.24 bits per heavy atom. The molecular weight excluding hydrogens is 262 g/mol. The third-order valence-electron chi connectivity index (χ3n) is 3.72. The Bertz CT molecular complexity index is 534. The molecule has 0 N–H and O–H groups in total. The van der Waals surface area contributed by atoms with Crippen molar-refractivity contribution in [1.29, 1.82) is 5.26 Å². The Kier molecular flexibility index (Phi) is 5.53. The summed E-state index contributed by atoms with van der Waals surface area (Å²) in [6.45, 7) is 6.03. The summed E-state index contributed by atoms with van der Waals surface area (Å²) in [5, 5.41) is 8.58. The minimum Gasteiger partial charge on any atom is -0.337 e. The van der Waals surface area contributed by atoms with Crippen LogP contribution in [0.25, 0.3) is 6.08 Å². The highest BCUT2D eigenvalue weighted by Gasteiger charge is 2.18. The van der Waals surface area contributed by atoms with E-state index < -0.39 is 0 Å². The van der Waals surface area contributed by atoms with Crippen molar-refractivity contribution in [2.45, 2.75) is 13.3 Å². The Hall–Kier alpha value is -2.12. The van der Waals surface area contributed by atoms with Gasteiger partial charge in [-0.2, -0.15) is 5.26 Å². The second-order valence-corrected chi connectivity index (χ2v) is 5.32. The number of carbonyl (C=O) groups is 1. The fraction of sp³-hybridized carbons (Fsp3) is 0.412. The highest BCUT2D eigenvalue weighted by atomic mass is 16.2. The molecule has 0 spiro atoms. The van der Waals surface area contributed by atoms with Gasteiger partial charge in [-0.25, -0.2) is 0 Å². The minimum absolute atomic E-state index is 0.0653. The molecule has 4 heteroatoms. The number of rotatable bonds is 4. The molecule has 0 unspecified atom stereocenters. The number of aryl methyl sites for hydroxylation is 1. The van der Waals surface area contributed by atoms with Gasteiger partial charge in [0.1, 0.15) is 0 Å². The van der Waals surface area contributed by atoms with Crippen LogP contribution in [0.15, 0.2) is 30.3 Å². The predicted molar refractivity (Wildman–Crippen MR) is 83.5 cm³/mol. The number of hydrogen-bond donors (Lipinski definition) is 0. The molecule has 21 heavy (non-hydrogen) atoms. The van der Waals surface area contributed by atoms with E-state index in [1.54, 1.807) is 6.08 Å². The second kappa shape index (κ2) is 7.61. The van der Waals surface area contributed by atoms with Crippen LogP contribution in [0.5, 0.6) is 0 Å². The van der Waals surface area contributed by atoms with E-state index in [0.717, 1.165) is 38.3 Å². The Labute approximate surface area is 126 Å². The lowest BCUT2D eigenvalue weighted by Crippen LogP contribution is -2.48. The summed E-state index contributed by atoms with van der Waals surface area (Å²) in [6.07, 6.45) is 4.07. The first kappa shape index (κ1) is 15.3. The monoisotopic (exact) mass is 283 g/mol. The van der Waals surface area contributed by atoms with E-state index in [1.807, 2.05) is 42.2 Å². The molecule has 0 atom stereocenters. The van der Waals surface area contributed by atoms with Crippen LogP contribution >= 0.6 is 0 Å². The van der Waals surface area contributed by atoms with Gasteiger partial charge in [-0.15, -0.1) is 0 Å². The summed E-state index contributed by atoms with van der Waals surface area (Å²) in [7, 11) is 0. The van der Waals surface area contributed by atoms with Crippen molar-refractivity contribution in [1.82, 2.24) is 9.80 Å². The molecular formula is C17H21N3O. The van der Waals surface area contributed by atoms with Crippen LogP contribution in [0, 0.1) is 18.3 Å². The third kappa shape index (κ3) is 4.73. The van der Waals surface area contributed by atoms with Gasteiger partial charge in [-0.05, 0) is 18.6 Å². The Balaban J connectivity index is 1.82. The van der Waals surface area contributed by atoms with Crippen molar-refractivity contribution in [2.75, 3.05) is 32.7 Å². The zero-order valence-electron chi connectivity index (χ0n) is 12.5. The molecule has 1 heterocycles. The fourth-order valence-corrected chi connectivity index (χ4v) is 2.35. The lowest BCUT2D eigenvalue weighted by molar-refractivity contribution is -0.127. The molecule has 110 valence electrons. The number of nitrogens with zero attached hydrogens (tertiary/aromatic N) is 3. The van der Waals surface area contributed by atoms with Crippen LogP contribution < -0.4 is 0 Å². The van der Waals surface area contributed by atoms with Gasteiger partial charge in [0.2, 0.25) is 5.91 Å². The minimum atomic E-state index is 0.0653. The maximum Gasteiger partial charge on any atom is 0.246 e. The molecule has 1 aliphatic heterocycles. The Morgan fingerprint density at radius 3 is 2.52 bits per heavy atom. The summed E-state index contributed by atoms with van der Waals surface area (Å²) in [5.41, 5.74) is 2.26. The van der Waals surface area contributed by atoms with Crippen LogP contribution in [0.4, 0.5) is 0 Å². The van der Waals surface area contributed by atoms with Crippen molar-refractivity contribution < 1.29 is 4.79 Å². The summed E-state index contributed by atoms with van der Waals surface area (Å²) in [6, 6.07) is 10.3. The zero-order chi connectivity index (χ0) is 15.1. The van der Waals surface area contributed by atoms with Gasteiger partial charge in [-0.1, -0.05) is 29.8 Å². The van der Waals surface area contributed by atoms with Crippen LogP contribution in [-0.2, 0) is 4.79 Å². The van der Waals surface area contributed by atoms with E-state index in [9.17, 15) is 4.79 Å². The molecule has 2 rings (SSSR count). The van der Waals surface area contributed by atoms with Crippen molar-refractivity contribution in [3.05, 3.63) is 41.5 Å². The standard InChI is InChI=1S/C17H21N3O/c1-15-3-5-16(6-4-15)7-8-17(21)20-13-11-19(12-14-20)10-2-9-18/h3-8H,2,10-14H2,1H3/b8-7+. The van der Waals surface area contributed by atoms with Gasteiger partial charge < -0.3 is 4.90 Å². The third-order valence-corrected chi connectivity index (χ3v) is 3.72. The van der Waals surface area contributed by atoms with E-state index in [4.69, 9.17) is 5.26 Å².